The second kappa shape index (κ2) is 9.72. The molecule has 0 aromatic carbocycles. The molecule has 2 heterocycles. The van der Waals surface area contributed by atoms with Gasteiger partial charge in [0.25, 0.3) is 0 Å². The van der Waals surface area contributed by atoms with Crippen molar-refractivity contribution in [2.45, 2.75) is 93.3 Å². The van der Waals surface area contributed by atoms with Gasteiger partial charge in [-0.15, -0.1) is 0 Å². The third-order valence-corrected chi connectivity index (χ3v) is 7.10. The zero-order valence-corrected chi connectivity index (χ0v) is 17.9. The monoisotopic (exact) mass is 476 g/mol. The lowest BCUT2D eigenvalue weighted by Crippen LogP contribution is -2.59. The summed E-state index contributed by atoms with van der Waals surface area (Å²) < 4.78 is 17.1. The fourth-order valence-electron chi connectivity index (χ4n) is 5.19. The minimum atomic E-state index is -1.76. The Bertz CT molecular complexity index is 756. The zero-order chi connectivity index (χ0) is 24.0. The Morgan fingerprint density at radius 3 is 2.24 bits per heavy atom. The van der Waals surface area contributed by atoms with E-state index < -0.39 is 85.5 Å². The standard InChI is InChI=1S/C21H32O12/c22-6-13-15(27)17(29)18(30)21(32-13)33-20-16(28)14-11(26)4-8(23)5-12(14)31-19(20)7-1-2-9(24)10(25)3-7/h7-15,17-18,21-27,29-30H,1-6H2/t7?,8?,9?,10?,11?,12?,13?,14?,15-,17-,18?,21+/m1/s1. The highest BCUT2D eigenvalue weighted by atomic mass is 16.7. The Hall–Kier alpha value is -1.35. The third-order valence-electron chi connectivity index (χ3n) is 7.10. The molecule has 0 spiro atoms. The molecule has 4 aliphatic rings. The summed E-state index contributed by atoms with van der Waals surface area (Å²) in [4.78, 5) is 13.4. The van der Waals surface area contributed by atoms with Crippen LogP contribution in [-0.4, -0.2) is 114 Å². The van der Waals surface area contributed by atoms with Gasteiger partial charge >= 0.3 is 0 Å². The minimum Gasteiger partial charge on any atom is -0.489 e. The summed E-state index contributed by atoms with van der Waals surface area (Å²) in [5, 5.41) is 80.4. The maximum Gasteiger partial charge on any atom is 0.229 e. The summed E-state index contributed by atoms with van der Waals surface area (Å²) in [6.07, 6.45) is -12.2. The van der Waals surface area contributed by atoms with Crippen LogP contribution < -0.4 is 0 Å². The van der Waals surface area contributed by atoms with Crippen LogP contribution >= 0.6 is 0 Å². The van der Waals surface area contributed by atoms with Crippen LogP contribution in [0.4, 0.5) is 0 Å². The summed E-state index contributed by atoms with van der Waals surface area (Å²) in [6, 6.07) is 0. The molecule has 12 atom stereocenters. The maximum absolute atomic E-state index is 13.4. The summed E-state index contributed by atoms with van der Waals surface area (Å²) in [7, 11) is 0. The fraction of sp³-hybridized carbons (Fsp3) is 0.857. The van der Waals surface area contributed by atoms with E-state index in [0.29, 0.717) is 6.42 Å². The quantitative estimate of drug-likeness (QED) is 0.200. The molecule has 0 radical (unpaired) electrons. The van der Waals surface area contributed by atoms with Crippen molar-refractivity contribution in [3.05, 3.63) is 11.5 Å². The number of carbonyl (C=O) groups excluding carboxylic acids is 1. The average Bonchev–Trinajstić information content (AvgIpc) is 2.76. The first-order valence-corrected chi connectivity index (χ1v) is 11.3. The molecule has 12 heteroatoms. The van der Waals surface area contributed by atoms with E-state index in [4.69, 9.17) is 14.2 Å². The van der Waals surface area contributed by atoms with Crippen molar-refractivity contribution < 1.29 is 59.9 Å². The fourth-order valence-corrected chi connectivity index (χ4v) is 5.19. The first-order valence-electron chi connectivity index (χ1n) is 11.3. The van der Waals surface area contributed by atoms with Crippen LogP contribution in [0.5, 0.6) is 0 Å². The Balaban J connectivity index is 1.67. The molecule has 2 aliphatic carbocycles. The number of ether oxygens (including phenoxy) is 3. The Morgan fingerprint density at radius 1 is 0.848 bits per heavy atom. The smallest absolute Gasteiger partial charge is 0.229 e. The Morgan fingerprint density at radius 2 is 1.58 bits per heavy atom. The van der Waals surface area contributed by atoms with E-state index in [9.17, 15) is 45.6 Å². The highest BCUT2D eigenvalue weighted by molar-refractivity contribution is 5.97. The maximum atomic E-state index is 13.4. The third kappa shape index (κ3) is 4.64. The molecule has 2 saturated carbocycles. The molecule has 12 nitrogen and oxygen atoms in total. The molecule has 8 N–H and O–H groups in total. The van der Waals surface area contributed by atoms with Gasteiger partial charge in [-0.25, -0.2) is 0 Å². The largest absolute Gasteiger partial charge is 0.489 e. The van der Waals surface area contributed by atoms with Gasteiger partial charge in [-0.2, -0.15) is 0 Å². The van der Waals surface area contributed by atoms with Crippen LogP contribution in [0.1, 0.15) is 32.1 Å². The van der Waals surface area contributed by atoms with Gasteiger partial charge in [0.2, 0.25) is 17.8 Å². The lowest BCUT2D eigenvalue weighted by molar-refractivity contribution is -0.292. The molecular formula is C21H32O12. The normalized spacial score (nSPS) is 48.8. The molecule has 2 aliphatic heterocycles. The number of fused-ring (bicyclic) bond motifs is 1. The van der Waals surface area contributed by atoms with Crippen molar-refractivity contribution in [2.24, 2.45) is 11.8 Å². The van der Waals surface area contributed by atoms with Crippen LogP contribution in [0, 0.1) is 11.8 Å². The van der Waals surface area contributed by atoms with Gasteiger partial charge in [0.1, 0.15) is 36.3 Å². The predicted octanol–water partition coefficient (Wildman–Crippen LogP) is -3.36. The van der Waals surface area contributed by atoms with Gasteiger partial charge < -0.3 is 55.1 Å². The number of hydrogen-bond donors (Lipinski definition) is 8. The van der Waals surface area contributed by atoms with Crippen molar-refractivity contribution in [3.63, 3.8) is 0 Å². The molecule has 4 rings (SSSR count). The number of ketones is 1. The molecule has 3 fully saturated rings. The molecule has 0 amide bonds. The summed E-state index contributed by atoms with van der Waals surface area (Å²) >= 11 is 0. The second-order valence-electron chi connectivity index (χ2n) is 9.39. The van der Waals surface area contributed by atoms with Crippen LogP contribution in [0.15, 0.2) is 11.5 Å². The average molecular weight is 476 g/mol. The van der Waals surface area contributed by atoms with Crippen LogP contribution in [0.3, 0.4) is 0 Å². The first kappa shape index (κ1) is 24.8. The lowest BCUT2D eigenvalue weighted by Gasteiger charge is -2.45. The highest BCUT2D eigenvalue weighted by Gasteiger charge is 2.52. The molecule has 0 aromatic heterocycles. The number of carbonyl (C=O) groups is 1. The number of aliphatic hydroxyl groups is 8. The molecule has 1 saturated heterocycles. The number of hydrogen-bond acceptors (Lipinski definition) is 12. The molecular weight excluding hydrogens is 444 g/mol. The molecule has 33 heavy (non-hydrogen) atoms. The van der Waals surface area contributed by atoms with Crippen molar-refractivity contribution in [3.8, 4) is 0 Å². The number of rotatable bonds is 4. The van der Waals surface area contributed by atoms with Gasteiger partial charge in [-0.1, -0.05) is 0 Å². The van der Waals surface area contributed by atoms with E-state index in [1.807, 2.05) is 0 Å². The van der Waals surface area contributed by atoms with E-state index in [-0.39, 0.29) is 37.2 Å². The van der Waals surface area contributed by atoms with Gasteiger partial charge in [-0.05, 0) is 19.3 Å². The summed E-state index contributed by atoms with van der Waals surface area (Å²) in [6.45, 7) is -0.685. The second-order valence-corrected chi connectivity index (χ2v) is 9.39. The summed E-state index contributed by atoms with van der Waals surface area (Å²) in [5.74, 6) is -2.53. The Kier molecular flexibility index (Phi) is 7.29. The number of aliphatic hydroxyl groups excluding tert-OH is 8. The van der Waals surface area contributed by atoms with Crippen molar-refractivity contribution in [2.75, 3.05) is 6.61 Å². The molecule has 188 valence electrons. The first-order chi connectivity index (χ1) is 15.6. The van der Waals surface area contributed by atoms with Crippen LogP contribution in [0.25, 0.3) is 0 Å². The minimum absolute atomic E-state index is 0.0345. The van der Waals surface area contributed by atoms with E-state index in [1.54, 1.807) is 0 Å². The van der Waals surface area contributed by atoms with Crippen molar-refractivity contribution in [1.82, 2.24) is 0 Å². The van der Waals surface area contributed by atoms with Crippen molar-refractivity contribution >= 4 is 5.78 Å². The Labute approximate surface area is 189 Å². The van der Waals surface area contributed by atoms with Gasteiger partial charge in [0, 0.05) is 18.8 Å². The molecule has 9 unspecified atom stereocenters. The van der Waals surface area contributed by atoms with E-state index >= 15 is 0 Å². The summed E-state index contributed by atoms with van der Waals surface area (Å²) in [5.41, 5.74) is 0. The van der Waals surface area contributed by atoms with E-state index in [2.05, 4.69) is 0 Å². The number of allylic oxidation sites excluding steroid dienone is 2. The highest BCUT2D eigenvalue weighted by Crippen LogP contribution is 2.43. The number of Topliss-reactive ketones (excluding diaryl/α,β-unsaturated/α-hetero) is 1. The van der Waals surface area contributed by atoms with Crippen molar-refractivity contribution in [1.29, 1.82) is 0 Å². The van der Waals surface area contributed by atoms with Gasteiger partial charge in [-0.3, -0.25) is 4.79 Å². The van der Waals surface area contributed by atoms with Crippen LogP contribution in [0.2, 0.25) is 0 Å². The van der Waals surface area contributed by atoms with E-state index in [1.165, 1.54) is 0 Å². The topological polar surface area (TPSA) is 207 Å². The van der Waals surface area contributed by atoms with Gasteiger partial charge in [0.05, 0.1) is 36.9 Å². The van der Waals surface area contributed by atoms with E-state index in [0.717, 1.165) is 0 Å². The molecule has 0 aromatic rings. The lowest BCUT2D eigenvalue weighted by atomic mass is 9.75. The van der Waals surface area contributed by atoms with Crippen LogP contribution in [-0.2, 0) is 19.0 Å². The zero-order valence-electron chi connectivity index (χ0n) is 17.9. The SMILES string of the molecule is O=C1C(O[C@@H]2OC(CO)[C@@H](O)[C@@H](O)C2O)=C(C2CCC(O)C(O)C2)OC2CC(O)CC(O)C12. The predicted molar refractivity (Wildman–Crippen MR) is 106 cm³/mol. The van der Waals surface area contributed by atoms with Gasteiger partial charge in [0.15, 0.2) is 0 Å². The molecule has 0 bridgehead atoms.